The second-order valence-electron chi connectivity index (χ2n) is 9.88. The lowest BCUT2D eigenvalue weighted by Crippen LogP contribution is -2.58. The zero-order valence-electron chi connectivity index (χ0n) is 23.0. The number of benzene rings is 1. The monoisotopic (exact) mass is 579 g/mol. The van der Waals surface area contributed by atoms with Gasteiger partial charge in [0, 0.05) is 23.5 Å². The van der Waals surface area contributed by atoms with Crippen LogP contribution in [-0.2, 0) is 25.6 Å². The molecule has 1 heterocycles. The Kier molecular flexibility index (Phi) is 13.7. The highest BCUT2D eigenvalue weighted by molar-refractivity contribution is 7.98. The van der Waals surface area contributed by atoms with Gasteiger partial charge in [-0.1, -0.05) is 32.0 Å². The Bertz CT molecular complexity index is 1110. The summed E-state index contributed by atoms with van der Waals surface area (Å²) < 4.78 is 0. The van der Waals surface area contributed by atoms with Crippen LogP contribution in [0.4, 0.5) is 0 Å². The molecule has 0 aliphatic rings. The van der Waals surface area contributed by atoms with Gasteiger partial charge in [-0.05, 0) is 60.8 Å². The number of para-hydroxylation sites is 1. The number of nitrogens with two attached hydrogens (primary N) is 1. The molecule has 4 atom stereocenters. The summed E-state index contributed by atoms with van der Waals surface area (Å²) in [7, 11) is 0. The van der Waals surface area contributed by atoms with Crippen molar-refractivity contribution in [3.05, 3.63) is 36.0 Å². The van der Waals surface area contributed by atoms with Gasteiger partial charge >= 0.3 is 5.97 Å². The maximum Gasteiger partial charge on any atom is 0.326 e. The van der Waals surface area contributed by atoms with E-state index in [0.717, 1.165) is 16.5 Å². The zero-order valence-corrected chi connectivity index (χ0v) is 24.6. The number of carboxylic acid groups (broad SMARTS) is 1. The number of carboxylic acids is 1. The third-order valence-electron chi connectivity index (χ3n) is 6.27. The molecule has 0 aliphatic heterocycles. The predicted octanol–water partition coefficient (Wildman–Crippen LogP) is 2.13. The average Bonchev–Trinajstić information content (AvgIpc) is 3.30. The third-order valence-corrected chi connectivity index (χ3v) is 7.55. The summed E-state index contributed by atoms with van der Waals surface area (Å²) in [6.07, 6.45) is 6.78. The molecule has 0 bridgehead atoms. The summed E-state index contributed by atoms with van der Waals surface area (Å²) in [5.41, 5.74) is 7.80. The van der Waals surface area contributed by atoms with Gasteiger partial charge in [0.1, 0.15) is 18.1 Å². The first-order valence-corrected chi connectivity index (χ1v) is 15.8. The lowest BCUT2D eigenvalue weighted by molar-refractivity contribution is -0.142. The van der Waals surface area contributed by atoms with Gasteiger partial charge < -0.3 is 31.8 Å². The van der Waals surface area contributed by atoms with E-state index >= 15 is 0 Å². The van der Waals surface area contributed by atoms with Crippen molar-refractivity contribution >= 4 is 58.1 Å². The van der Waals surface area contributed by atoms with Crippen molar-refractivity contribution in [2.45, 2.75) is 63.7 Å². The van der Waals surface area contributed by atoms with E-state index in [1.54, 1.807) is 18.0 Å². The van der Waals surface area contributed by atoms with E-state index in [9.17, 15) is 24.3 Å². The van der Waals surface area contributed by atoms with E-state index in [1.165, 1.54) is 11.8 Å². The highest BCUT2D eigenvalue weighted by atomic mass is 32.2. The predicted molar refractivity (Wildman–Crippen MR) is 159 cm³/mol. The minimum absolute atomic E-state index is 0.0390. The van der Waals surface area contributed by atoms with Gasteiger partial charge in [-0.3, -0.25) is 14.4 Å². The Morgan fingerprint density at radius 2 is 1.49 bits per heavy atom. The van der Waals surface area contributed by atoms with Gasteiger partial charge in [0.25, 0.3) is 0 Å². The van der Waals surface area contributed by atoms with Crippen LogP contribution in [0, 0.1) is 5.92 Å². The number of hydrogen-bond donors (Lipinski definition) is 6. The molecule has 0 saturated heterocycles. The maximum atomic E-state index is 13.6. The quantitative estimate of drug-likeness (QED) is 0.166. The summed E-state index contributed by atoms with van der Waals surface area (Å²) >= 11 is 3.06. The van der Waals surface area contributed by atoms with Gasteiger partial charge in [0.2, 0.25) is 17.7 Å². The Hall–Kier alpha value is -2.70. The molecule has 0 aliphatic carbocycles. The SMILES string of the molecule is CSCCC(N)C(=O)NC(Cc1c[nH]c2ccccc12)C(=O)NC(CC(C)C)C(=O)NC(CCSC)C(=O)O. The van der Waals surface area contributed by atoms with E-state index in [0.29, 0.717) is 24.3 Å². The summed E-state index contributed by atoms with van der Waals surface area (Å²) in [5.74, 6) is -1.38. The van der Waals surface area contributed by atoms with Crippen molar-refractivity contribution in [1.82, 2.24) is 20.9 Å². The molecule has 0 radical (unpaired) electrons. The fourth-order valence-electron chi connectivity index (χ4n) is 4.12. The molecule has 0 spiro atoms. The van der Waals surface area contributed by atoms with Gasteiger partial charge in [-0.25, -0.2) is 4.79 Å². The molecule has 0 saturated carbocycles. The van der Waals surface area contributed by atoms with Crippen LogP contribution in [0.25, 0.3) is 10.9 Å². The molecule has 3 amide bonds. The van der Waals surface area contributed by atoms with Gasteiger partial charge in [-0.15, -0.1) is 0 Å². The van der Waals surface area contributed by atoms with Crippen molar-refractivity contribution in [3.8, 4) is 0 Å². The molecule has 1 aromatic carbocycles. The number of aromatic nitrogens is 1. The summed E-state index contributed by atoms with van der Waals surface area (Å²) in [4.78, 5) is 54.5. The minimum atomic E-state index is -1.13. The number of thioether (sulfide) groups is 2. The van der Waals surface area contributed by atoms with E-state index in [2.05, 4.69) is 20.9 Å². The number of hydrogen-bond acceptors (Lipinski definition) is 7. The Morgan fingerprint density at radius 1 is 0.897 bits per heavy atom. The smallest absolute Gasteiger partial charge is 0.326 e. The van der Waals surface area contributed by atoms with Crippen LogP contribution in [0.15, 0.2) is 30.5 Å². The number of fused-ring (bicyclic) bond motifs is 1. The number of amides is 3. The summed E-state index contributed by atoms with van der Waals surface area (Å²) in [6.45, 7) is 3.82. The van der Waals surface area contributed by atoms with Crippen LogP contribution in [0.3, 0.4) is 0 Å². The second kappa shape index (κ2) is 16.4. The summed E-state index contributed by atoms with van der Waals surface area (Å²) in [5, 5.41) is 18.6. The van der Waals surface area contributed by atoms with Crippen LogP contribution >= 0.6 is 23.5 Å². The fraction of sp³-hybridized carbons (Fsp3) is 0.556. The van der Waals surface area contributed by atoms with Crippen LogP contribution < -0.4 is 21.7 Å². The number of aliphatic carboxylic acids is 1. The van der Waals surface area contributed by atoms with E-state index in [4.69, 9.17) is 5.73 Å². The molecule has 39 heavy (non-hydrogen) atoms. The lowest BCUT2D eigenvalue weighted by atomic mass is 10.00. The molecular weight excluding hydrogens is 538 g/mol. The van der Waals surface area contributed by atoms with Crippen LogP contribution in [0.2, 0.25) is 0 Å². The lowest BCUT2D eigenvalue weighted by Gasteiger charge is -2.26. The van der Waals surface area contributed by atoms with E-state index in [-0.39, 0.29) is 18.8 Å². The third kappa shape index (κ3) is 10.4. The molecule has 4 unspecified atom stereocenters. The maximum absolute atomic E-state index is 13.6. The largest absolute Gasteiger partial charge is 0.480 e. The first kappa shape index (κ1) is 32.5. The van der Waals surface area contributed by atoms with Gasteiger partial charge in [0.05, 0.1) is 6.04 Å². The van der Waals surface area contributed by atoms with Crippen LogP contribution in [0.5, 0.6) is 0 Å². The standard InChI is InChI=1S/C27H41N5O5S2/c1-16(2)13-22(25(34)30-21(27(36)37)10-12-39-4)32-26(35)23(31-24(33)19(28)9-11-38-3)14-17-15-29-20-8-6-5-7-18(17)20/h5-8,15-16,19,21-23,29H,9-14,28H2,1-4H3,(H,30,34)(H,31,33)(H,32,35)(H,36,37). The van der Waals surface area contributed by atoms with Crippen LogP contribution in [0.1, 0.15) is 38.7 Å². The number of carbonyl (C=O) groups is 4. The molecule has 2 rings (SSSR count). The fourth-order valence-corrected chi connectivity index (χ4v) is 5.09. The Balaban J connectivity index is 2.27. The summed E-state index contributed by atoms with van der Waals surface area (Å²) in [6, 6.07) is 3.84. The molecule has 2 aromatic rings. The van der Waals surface area contributed by atoms with Gasteiger partial charge in [-0.2, -0.15) is 23.5 Å². The van der Waals surface area contributed by atoms with Gasteiger partial charge in [0.15, 0.2) is 0 Å². The molecule has 0 fully saturated rings. The molecule has 10 nitrogen and oxygen atoms in total. The van der Waals surface area contributed by atoms with Crippen LogP contribution in [-0.4, -0.2) is 82.0 Å². The Morgan fingerprint density at radius 3 is 2.13 bits per heavy atom. The van der Waals surface area contributed by atoms with Crippen molar-refractivity contribution in [3.63, 3.8) is 0 Å². The molecule has 1 aromatic heterocycles. The molecule has 216 valence electrons. The topological polar surface area (TPSA) is 166 Å². The van der Waals surface area contributed by atoms with E-state index in [1.807, 2.05) is 50.6 Å². The van der Waals surface area contributed by atoms with Crippen molar-refractivity contribution in [2.24, 2.45) is 11.7 Å². The molecule has 12 heteroatoms. The van der Waals surface area contributed by atoms with Crippen molar-refractivity contribution in [1.29, 1.82) is 0 Å². The first-order valence-electron chi connectivity index (χ1n) is 13.0. The second-order valence-corrected chi connectivity index (χ2v) is 11.9. The number of H-pyrrole nitrogens is 1. The number of nitrogens with one attached hydrogen (secondary N) is 4. The number of carbonyl (C=O) groups excluding carboxylic acids is 3. The average molecular weight is 580 g/mol. The van der Waals surface area contributed by atoms with Crippen molar-refractivity contribution < 1.29 is 24.3 Å². The molecule has 7 N–H and O–H groups in total. The molecular formula is C27H41N5O5S2. The zero-order chi connectivity index (χ0) is 28.9. The number of aromatic amines is 1. The highest BCUT2D eigenvalue weighted by Crippen LogP contribution is 2.19. The normalized spacial score (nSPS) is 14.4. The minimum Gasteiger partial charge on any atom is -0.480 e. The first-order chi connectivity index (χ1) is 18.6. The Labute approximate surface area is 238 Å². The van der Waals surface area contributed by atoms with Crippen molar-refractivity contribution in [2.75, 3.05) is 24.0 Å². The number of rotatable bonds is 17. The highest BCUT2D eigenvalue weighted by Gasteiger charge is 2.31. The van der Waals surface area contributed by atoms with E-state index < -0.39 is 47.9 Å².